The van der Waals surface area contributed by atoms with Crippen molar-refractivity contribution in [2.45, 2.75) is 32.1 Å². The fourth-order valence-electron chi connectivity index (χ4n) is 3.59. The first-order chi connectivity index (χ1) is 16.6. The number of ketones is 1. The number of carboxylic acid groups (broad SMARTS) is 1. The minimum atomic E-state index is -3.22. The van der Waals surface area contributed by atoms with Gasteiger partial charge in [-0.05, 0) is 78.4 Å². The lowest BCUT2D eigenvalue weighted by atomic mass is 10.0. The lowest BCUT2D eigenvalue weighted by Gasteiger charge is -2.13. The minimum absolute atomic E-state index is 0.00877. The average molecular weight is 499 g/mol. The van der Waals surface area contributed by atoms with Crippen LogP contribution in [0.2, 0.25) is 0 Å². The van der Waals surface area contributed by atoms with Crippen molar-refractivity contribution < 1.29 is 32.2 Å². The van der Waals surface area contributed by atoms with Gasteiger partial charge < -0.3 is 9.84 Å². The van der Waals surface area contributed by atoms with E-state index in [9.17, 15) is 22.4 Å². The Morgan fingerprint density at radius 2 is 1.57 bits per heavy atom. The van der Waals surface area contributed by atoms with Gasteiger partial charge in [-0.15, -0.1) is 0 Å². The van der Waals surface area contributed by atoms with E-state index in [1.807, 2.05) is 0 Å². The topological polar surface area (TPSA) is 97.7 Å². The SMILES string of the molecule is CS(=O)(=O)CCc1cc(CC(=O)O)ccc1Oc1ccc(C(=O)CCCc2ccc(F)cc2)cc1. The molecule has 3 aromatic rings. The summed E-state index contributed by atoms with van der Waals surface area (Å²) in [5.41, 5.74) is 2.67. The van der Waals surface area contributed by atoms with Gasteiger partial charge in [0.1, 0.15) is 27.2 Å². The molecule has 6 nitrogen and oxygen atoms in total. The number of hydrogen-bond acceptors (Lipinski definition) is 5. The molecule has 8 heteroatoms. The van der Waals surface area contributed by atoms with Gasteiger partial charge in [-0.1, -0.05) is 24.3 Å². The fraction of sp³-hybridized carbons (Fsp3) is 0.259. The normalized spacial score (nSPS) is 11.3. The Labute approximate surface area is 204 Å². The Kier molecular flexibility index (Phi) is 8.76. The van der Waals surface area contributed by atoms with Crippen molar-refractivity contribution in [3.63, 3.8) is 0 Å². The van der Waals surface area contributed by atoms with E-state index >= 15 is 0 Å². The Balaban J connectivity index is 1.64. The van der Waals surface area contributed by atoms with Crippen LogP contribution in [0.4, 0.5) is 4.39 Å². The molecular formula is C27H27FO6S. The third-order valence-electron chi connectivity index (χ3n) is 5.41. The number of carboxylic acids is 1. The number of rotatable bonds is 12. The molecule has 35 heavy (non-hydrogen) atoms. The molecule has 3 aromatic carbocycles. The van der Waals surface area contributed by atoms with Gasteiger partial charge in [0.15, 0.2) is 5.78 Å². The van der Waals surface area contributed by atoms with Crippen LogP contribution in [0.3, 0.4) is 0 Å². The highest BCUT2D eigenvalue weighted by atomic mass is 32.2. The number of carbonyl (C=O) groups is 2. The second kappa shape index (κ2) is 11.8. The van der Waals surface area contributed by atoms with E-state index in [1.54, 1.807) is 54.6 Å². The molecule has 0 spiro atoms. The second-order valence-corrected chi connectivity index (χ2v) is 10.7. The first-order valence-electron chi connectivity index (χ1n) is 11.2. The van der Waals surface area contributed by atoms with Gasteiger partial charge in [0.25, 0.3) is 0 Å². The van der Waals surface area contributed by atoms with Crippen molar-refractivity contribution in [1.29, 1.82) is 0 Å². The van der Waals surface area contributed by atoms with Crippen LogP contribution in [0.15, 0.2) is 66.7 Å². The van der Waals surface area contributed by atoms with E-state index in [0.717, 1.165) is 11.8 Å². The number of ether oxygens (including phenoxy) is 1. The van der Waals surface area contributed by atoms with Gasteiger partial charge in [0, 0.05) is 18.2 Å². The van der Waals surface area contributed by atoms with E-state index in [-0.39, 0.29) is 30.2 Å². The van der Waals surface area contributed by atoms with E-state index < -0.39 is 15.8 Å². The van der Waals surface area contributed by atoms with Crippen molar-refractivity contribution in [3.05, 3.63) is 94.8 Å². The Bertz CT molecular complexity index is 1280. The lowest BCUT2D eigenvalue weighted by molar-refractivity contribution is -0.136. The predicted octanol–water partition coefficient (Wildman–Crippen LogP) is 5.04. The molecule has 0 amide bonds. The molecule has 0 aliphatic rings. The summed E-state index contributed by atoms with van der Waals surface area (Å²) < 4.78 is 42.2. The molecule has 0 heterocycles. The number of carbonyl (C=O) groups excluding carboxylic acids is 1. The number of hydrogen-bond donors (Lipinski definition) is 1. The molecule has 0 bridgehead atoms. The molecule has 3 rings (SSSR count). The number of benzene rings is 3. The van der Waals surface area contributed by atoms with Crippen molar-refractivity contribution in [2.75, 3.05) is 12.0 Å². The fourth-order valence-corrected chi connectivity index (χ4v) is 4.18. The number of aryl methyl sites for hydroxylation is 2. The second-order valence-electron chi connectivity index (χ2n) is 8.42. The third kappa shape index (κ3) is 8.64. The summed E-state index contributed by atoms with van der Waals surface area (Å²) in [4.78, 5) is 23.6. The van der Waals surface area contributed by atoms with Crippen molar-refractivity contribution >= 4 is 21.6 Å². The minimum Gasteiger partial charge on any atom is -0.481 e. The van der Waals surface area contributed by atoms with E-state index in [1.165, 1.54) is 12.1 Å². The van der Waals surface area contributed by atoms with E-state index in [4.69, 9.17) is 9.84 Å². The molecule has 0 aliphatic carbocycles. The number of aliphatic carboxylic acids is 1. The largest absolute Gasteiger partial charge is 0.481 e. The predicted molar refractivity (Wildman–Crippen MR) is 131 cm³/mol. The standard InChI is InChI=1S/C27H27FO6S/c1-35(32,33)16-15-22-17-20(18-27(30)31)7-14-26(22)34-24-12-8-21(9-13-24)25(29)4-2-3-19-5-10-23(28)11-6-19/h5-14,17H,2-4,15-16,18H2,1H3,(H,30,31). The molecule has 1 N–H and O–H groups in total. The Morgan fingerprint density at radius 1 is 0.914 bits per heavy atom. The number of halogens is 1. The summed E-state index contributed by atoms with van der Waals surface area (Å²) in [6.45, 7) is 0. The molecule has 0 aliphatic heterocycles. The van der Waals surface area contributed by atoms with Crippen molar-refractivity contribution in [2.24, 2.45) is 0 Å². The molecule has 184 valence electrons. The highest BCUT2D eigenvalue weighted by molar-refractivity contribution is 7.90. The highest BCUT2D eigenvalue weighted by Gasteiger charge is 2.13. The summed E-state index contributed by atoms with van der Waals surface area (Å²) >= 11 is 0. The van der Waals surface area contributed by atoms with Gasteiger partial charge in [0.05, 0.1) is 12.2 Å². The molecule has 0 atom stereocenters. The summed E-state index contributed by atoms with van der Waals surface area (Å²) in [6.07, 6.45) is 2.84. The zero-order valence-corrected chi connectivity index (χ0v) is 20.2. The lowest BCUT2D eigenvalue weighted by Crippen LogP contribution is -2.08. The number of sulfone groups is 1. The van der Waals surface area contributed by atoms with Crippen LogP contribution >= 0.6 is 0 Å². The van der Waals surface area contributed by atoms with Crippen LogP contribution in [-0.4, -0.2) is 37.3 Å². The maximum Gasteiger partial charge on any atom is 0.307 e. The summed E-state index contributed by atoms with van der Waals surface area (Å²) in [5.74, 6) is -0.465. The summed E-state index contributed by atoms with van der Waals surface area (Å²) in [6, 6.07) is 17.8. The monoisotopic (exact) mass is 498 g/mol. The van der Waals surface area contributed by atoms with Crippen molar-refractivity contribution in [1.82, 2.24) is 0 Å². The van der Waals surface area contributed by atoms with Gasteiger partial charge in [-0.25, -0.2) is 12.8 Å². The molecular weight excluding hydrogens is 471 g/mol. The van der Waals surface area contributed by atoms with Crippen LogP contribution in [0.5, 0.6) is 11.5 Å². The summed E-state index contributed by atoms with van der Waals surface area (Å²) in [5, 5.41) is 9.05. The van der Waals surface area contributed by atoms with Gasteiger partial charge in [0.2, 0.25) is 0 Å². The van der Waals surface area contributed by atoms with Gasteiger partial charge in [-0.2, -0.15) is 0 Å². The molecule has 0 saturated carbocycles. The number of Topliss-reactive ketones (excluding diaryl/α,β-unsaturated/α-hetero) is 1. The zero-order valence-electron chi connectivity index (χ0n) is 19.4. The van der Waals surface area contributed by atoms with Crippen LogP contribution < -0.4 is 4.74 Å². The van der Waals surface area contributed by atoms with Crippen LogP contribution in [0.1, 0.15) is 39.9 Å². The molecule has 0 unspecified atom stereocenters. The first-order valence-corrected chi connectivity index (χ1v) is 13.2. The maximum atomic E-state index is 13.0. The molecule has 0 radical (unpaired) electrons. The molecule has 0 fully saturated rings. The van der Waals surface area contributed by atoms with E-state index in [0.29, 0.717) is 47.5 Å². The van der Waals surface area contributed by atoms with Crippen LogP contribution in [0.25, 0.3) is 0 Å². The maximum absolute atomic E-state index is 13.0. The molecule has 0 aromatic heterocycles. The molecule has 0 saturated heterocycles. The van der Waals surface area contributed by atoms with Crippen molar-refractivity contribution in [3.8, 4) is 11.5 Å². The summed E-state index contributed by atoms with van der Waals surface area (Å²) in [7, 11) is -3.22. The smallest absolute Gasteiger partial charge is 0.307 e. The quantitative estimate of drug-likeness (QED) is 0.352. The van der Waals surface area contributed by atoms with Gasteiger partial charge in [-0.3, -0.25) is 9.59 Å². The Hall–Kier alpha value is -3.52. The van der Waals surface area contributed by atoms with Crippen LogP contribution in [-0.2, 0) is 33.9 Å². The van der Waals surface area contributed by atoms with Crippen LogP contribution in [0, 0.1) is 5.82 Å². The first kappa shape index (κ1) is 26.1. The highest BCUT2D eigenvalue weighted by Crippen LogP contribution is 2.28. The Morgan fingerprint density at radius 3 is 2.20 bits per heavy atom. The van der Waals surface area contributed by atoms with Gasteiger partial charge >= 0.3 is 5.97 Å². The zero-order chi connectivity index (χ0) is 25.4. The van der Waals surface area contributed by atoms with E-state index in [2.05, 4.69) is 0 Å². The average Bonchev–Trinajstić information content (AvgIpc) is 2.80. The third-order valence-corrected chi connectivity index (χ3v) is 6.35.